The lowest BCUT2D eigenvalue weighted by molar-refractivity contribution is -0.126. The number of carbonyl (C=O) groups excluding carboxylic acids is 1. The molecule has 136 valence electrons. The molecule has 2 atom stereocenters. The lowest BCUT2D eigenvalue weighted by atomic mass is 10.2. The van der Waals surface area contributed by atoms with Crippen molar-refractivity contribution in [1.82, 2.24) is 10.1 Å². The van der Waals surface area contributed by atoms with Crippen molar-refractivity contribution in [2.24, 2.45) is 5.73 Å². The van der Waals surface area contributed by atoms with E-state index in [2.05, 4.69) is 15.5 Å². The molecule has 1 aromatic heterocycles. The van der Waals surface area contributed by atoms with E-state index >= 15 is 0 Å². The van der Waals surface area contributed by atoms with Gasteiger partial charge in [0.2, 0.25) is 11.7 Å². The molecule has 1 aromatic carbocycles. The molecular formula is C16H21ClN4O4. The number of aryl methyl sites for hydroxylation is 1. The van der Waals surface area contributed by atoms with Crippen LogP contribution in [0.1, 0.15) is 24.6 Å². The summed E-state index contributed by atoms with van der Waals surface area (Å²) in [6.07, 6.45) is 1.05. The molecule has 25 heavy (non-hydrogen) atoms. The summed E-state index contributed by atoms with van der Waals surface area (Å²) < 4.78 is 16.0. The topological polar surface area (TPSA) is 112 Å². The first-order chi connectivity index (χ1) is 11.6. The van der Waals surface area contributed by atoms with Gasteiger partial charge in [0.25, 0.3) is 5.91 Å². The van der Waals surface area contributed by atoms with Crippen molar-refractivity contribution in [2.75, 3.05) is 11.9 Å². The van der Waals surface area contributed by atoms with Crippen molar-refractivity contribution in [3.05, 3.63) is 36.0 Å². The molecule has 1 aliphatic rings. The second kappa shape index (κ2) is 8.80. The van der Waals surface area contributed by atoms with Crippen molar-refractivity contribution in [2.45, 2.75) is 38.6 Å². The number of ether oxygens (including phenoxy) is 2. The zero-order valence-electron chi connectivity index (χ0n) is 13.8. The van der Waals surface area contributed by atoms with Gasteiger partial charge in [-0.05, 0) is 37.1 Å². The second-order valence-electron chi connectivity index (χ2n) is 5.59. The first-order valence-corrected chi connectivity index (χ1v) is 7.82. The average molecular weight is 369 g/mol. The van der Waals surface area contributed by atoms with E-state index in [0.717, 1.165) is 6.42 Å². The Morgan fingerprint density at radius 1 is 1.36 bits per heavy atom. The minimum atomic E-state index is -0.434. The second-order valence-corrected chi connectivity index (χ2v) is 5.59. The maximum Gasteiger partial charge on any atom is 0.253 e. The molecule has 3 rings (SSSR count). The molecule has 0 saturated carbocycles. The van der Waals surface area contributed by atoms with Crippen LogP contribution in [0.15, 0.2) is 28.8 Å². The third-order valence-electron chi connectivity index (χ3n) is 3.72. The van der Waals surface area contributed by atoms with E-state index in [9.17, 15) is 4.79 Å². The van der Waals surface area contributed by atoms with Crippen LogP contribution in [0.5, 0.6) is 5.75 Å². The van der Waals surface area contributed by atoms with Crippen molar-refractivity contribution >= 4 is 24.0 Å². The monoisotopic (exact) mass is 368 g/mol. The summed E-state index contributed by atoms with van der Waals surface area (Å²) in [5, 5.41) is 6.59. The van der Waals surface area contributed by atoms with Crippen LogP contribution < -0.4 is 15.8 Å². The van der Waals surface area contributed by atoms with E-state index in [1.54, 1.807) is 31.2 Å². The number of amides is 1. The molecule has 0 bridgehead atoms. The van der Waals surface area contributed by atoms with Crippen molar-refractivity contribution in [1.29, 1.82) is 0 Å². The standard InChI is InChI=1S/C16H20N4O4.ClH/c1-10-18-15(20-24-10)9-22-12-4-2-11(3-5-12)19-16(21)14-7-6-13(8-17)23-14;/h2-5,13-14H,6-9,17H2,1H3,(H,19,21);1H/t13-,14+;/m1./s1. The molecule has 0 spiro atoms. The minimum Gasteiger partial charge on any atom is -0.485 e. The lowest BCUT2D eigenvalue weighted by Crippen LogP contribution is -2.29. The highest BCUT2D eigenvalue weighted by molar-refractivity contribution is 5.94. The normalized spacial score (nSPS) is 19.3. The van der Waals surface area contributed by atoms with Gasteiger partial charge in [0, 0.05) is 19.2 Å². The zero-order chi connectivity index (χ0) is 16.9. The number of rotatable bonds is 6. The van der Waals surface area contributed by atoms with Gasteiger partial charge < -0.3 is 25.0 Å². The van der Waals surface area contributed by atoms with Crippen molar-refractivity contribution < 1.29 is 18.8 Å². The van der Waals surface area contributed by atoms with E-state index in [-0.39, 0.29) is 31.0 Å². The number of nitrogens with two attached hydrogens (primary N) is 1. The quantitative estimate of drug-likeness (QED) is 0.799. The van der Waals surface area contributed by atoms with E-state index < -0.39 is 6.10 Å². The van der Waals surface area contributed by atoms with Crippen LogP contribution >= 0.6 is 12.4 Å². The Kier molecular flexibility index (Phi) is 6.74. The van der Waals surface area contributed by atoms with Crippen LogP contribution in [-0.2, 0) is 16.1 Å². The van der Waals surface area contributed by atoms with Gasteiger partial charge in [0.05, 0.1) is 6.10 Å². The molecule has 8 nitrogen and oxygen atoms in total. The number of hydrogen-bond acceptors (Lipinski definition) is 7. The molecular weight excluding hydrogens is 348 g/mol. The number of nitrogens with zero attached hydrogens (tertiary/aromatic N) is 2. The van der Waals surface area contributed by atoms with E-state index in [4.69, 9.17) is 19.7 Å². The van der Waals surface area contributed by atoms with Crippen LogP contribution in [0.25, 0.3) is 0 Å². The summed E-state index contributed by atoms with van der Waals surface area (Å²) in [6, 6.07) is 7.07. The fourth-order valence-electron chi connectivity index (χ4n) is 2.48. The summed E-state index contributed by atoms with van der Waals surface area (Å²) >= 11 is 0. The number of carbonyl (C=O) groups is 1. The van der Waals surface area contributed by atoms with E-state index in [1.165, 1.54) is 0 Å². The van der Waals surface area contributed by atoms with Gasteiger partial charge in [0.1, 0.15) is 11.9 Å². The molecule has 0 aliphatic carbocycles. The summed E-state index contributed by atoms with van der Waals surface area (Å²) in [5.74, 6) is 1.48. The van der Waals surface area contributed by atoms with Gasteiger partial charge in [-0.1, -0.05) is 5.16 Å². The first-order valence-electron chi connectivity index (χ1n) is 7.82. The molecule has 2 heterocycles. The van der Waals surface area contributed by atoms with Gasteiger partial charge in [-0.15, -0.1) is 12.4 Å². The number of nitrogens with one attached hydrogen (secondary N) is 1. The Morgan fingerprint density at radius 3 is 2.72 bits per heavy atom. The Labute approximate surface area is 151 Å². The minimum absolute atomic E-state index is 0. The SMILES string of the molecule is Cc1nc(COc2ccc(NC(=O)[C@@H]3CC[C@H](CN)O3)cc2)no1.Cl. The number of halogens is 1. The summed E-state index contributed by atoms with van der Waals surface area (Å²) in [5.41, 5.74) is 6.23. The fourth-order valence-corrected chi connectivity index (χ4v) is 2.48. The predicted molar refractivity (Wildman–Crippen MR) is 92.6 cm³/mol. The lowest BCUT2D eigenvalue weighted by Gasteiger charge is -2.13. The molecule has 0 unspecified atom stereocenters. The summed E-state index contributed by atoms with van der Waals surface area (Å²) in [7, 11) is 0. The van der Waals surface area contributed by atoms with Gasteiger partial charge >= 0.3 is 0 Å². The predicted octanol–water partition coefficient (Wildman–Crippen LogP) is 1.82. The summed E-state index contributed by atoms with van der Waals surface area (Å²) in [6.45, 7) is 2.38. The molecule has 1 aliphatic heterocycles. The average Bonchev–Trinajstić information content (AvgIpc) is 3.23. The molecule has 0 radical (unpaired) electrons. The van der Waals surface area contributed by atoms with Gasteiger partial charge in [-0.3, -0.25) is 4.79 Å². The third-order valence-corrected chi connectivity index (χ3v) is 3.72. The first kappa shape index (κ1) is 19.2. The van der Waals surface area contributed by atoms with Crippen LogP contribution in [0.4, 0.5) is 5.69 Å². The van der Waals surface area contributed by atoms with Crippen LogP contribution in [0.3, 0.4) is 0 Å². The Bertz CT molecular complexity index is 692. The van der Waals surface area contributed by atoms with Crippen molar-refractivity contribution in [3.63, 3.8) is 0 Å². The maximum absolute atomic E-state index is 12.1. The Hall–Kier alpha value is -2.16. The van der Waals surface area contributed by atoms with Gasteiger partial charge in [-0.25, -0.2) is 0 Å². The fraction of sp³-hybridized carbons (Fsp3) is 0.438. The molecule has 9 heteroatoms. The smallest absolute Gasteiger partial charge is 0.253 e. The largest absolute Gasteiger partial charge is 0.485 e. The third kappa shape index (κ3) is 5.15. The van der Waals surface area contributed by atoms with Crippen LogP contribution in [-0.4, -0.2) is 34.8 Å². The molecule has 2 aromatic rings. The number of anilines is 1. The highest BCUT2D eigenvalue weighted by atomic mass is 35.5. The van der Waals surface area contributed by atoms with E-state index in [1.807, 2.05) is 0 Å². The number of benzene rings is 1. The molecule has 1 amide bonds. The van der Waals surface area contributed by atoms with E-state index in [0.29, 0.717) is 36.1 Å². The molecule has 1 fully saturated rings. The Morgan fingerprint density at radius 2 is 2.12 bits per heavy atom. The highest BCUT2D eigenvalue weighted by Crippen LogP contribution is 2.21. The van der Waals surface area contributed by atoms with Gasteiger partial charge in [-0.2, -0.15) is 4.98 Å². The summed E-state index contributed by atoms with van der Waals surface area (Å²) in [4.78, 5) is 16.2. The van der Waals surface area contributed by atoms with Crippen molar-refractivity contribution in [3.8, 4) is 5.75 Å². The number of hydrogen-bond donors (Lipinski definition) is 2. The highest BCUT2D eigenvalue weighted by Gasteiger charge is 2.29. The molecule has 1 saturated heterocycles. The van der Waals surface area contributed by atoms with Crippen LogP contribution in [0, 0.1) is 6.92 Å². The molecule has 3 N–H and O–H groups in total. The zero-order valence-corrected chi connectivity index (χ0v) is 14.6. The van der Waals surface area contributed by atoms with Crippen LogP contribution in [0.2, 0.25) is 0 Å². The number of aromatic nitrogens is 2. The Balaban J connectivity index is 0.00000225. The maximum atomic E-state index is 12.1. The van der Waals surface area contributed by atoms with Gasteiger partial charge in [0.15, 0.2) is 6.61 Å².